The molecule has 2 amide bonds. The van der Waals surface area contributed by atoms with Gasteiger partial charge in [-0.1, -0.05) is 17.7 Å². The topological polar surface area (TPSA) is 69.6 Å². The molecule has 116 valence electrons. The minimum atomic E-state index is -0.959. The van der Waals surface area contributed by atoms with Crippen molar-refractivity contribution in [2.24, 2.45) is 0 Å². The molecule has 0 unspecified atom stereocenters. The third-order valence-corrected chi connectivity index (χ3v) is 3.17. The minimum Gasteiger partial charge on any atom is -0.481 e. The molecule has 0 bridgehead atoms. The predicted octanol–water partition coefficient (Wildman–Crippen LogP) is 2.87. The zero-order chi connectivity index (χ0) is 16.0. The summed E-state index contributed by atoms with van der Waals surface area (Å²) in [7, 11) is 0. The molecule has 0 atom stereocenters. The number of carboxylic acids is 1. The Hall–Kier alpha value is -1.82. The van der Waals surface area contributed by atoms with Crippen molar-refractivity contribution in [3.05, 3.63) is 34.6 Å². The molecule has 0 aliphatic rings. The van der Waals surface area contributed by atoms with Crippen molar-refractivity contribution in [2.75, 3.05) is 6.54 Å². The fourth-order valence-corrected chi connectivity index (χ4v) is 1.94. The molecule has 2 N–H and O–H groups in total. The van der Waals surface area contributed by atoms with Crippen LogP contribution in [-0.2, 0) is 11.3 Å². The highest BCUT2D eigenvalue weighted by Gasteiger charge is 2.17. The number of nitrogens with one attached hydrogen (secondary N) is 1. The number of carbonyl (C=O) groups excluding carboxylic acids is 1. The summed E-state index contributed by atoms with van der Waals surface area (Å²) in [5, 5.41) is 11.3. The van der Waals surface area contributed by atoms with Gasteiger partial charge in [0.1, 0.15) is 5.82 Å². The van der Waals surface area contributed by atoms with Crippen molar-refractivity contribution in [2.45, 2.75) is 32.9 Å². The molecule has 0 fully saturated rings. The van der Waals surface area contributed by atoms with Gasteiger partial charge in [-0.15, -0.1) is 0 Å². The van der Waals surface area contributed by atoms with E-state index in [0.717, 1.165) is 0 Å². The molecule has 0 heterocycles. The van der Waals surface area contributed by atoms with Crippen molar-refractivity contribution >= 4 is 23.6 Å². The van der Waals surface area contributed by atoms with E-state index >= 15 is 0 Å². The van der Waals surface area contributed by atoms with Gasteiger partial charge in [0.25, 0.3) is 0 Å². The second kappa shape index (κ2) is 7.83. The number of amides is 2. The highest BCUT2D eigenvalue weighted by Crippen LogP contribution is 2.15. The number of carbonyl (C=O) groups is 2. The van der Waals surface area contributed by atoms with E-state index in [1.54, 1.807) is 13.8 Å². The van der Waals surface area contributed by atoms with Crippen LogP contribution in [0, 0.1) is 5.82 Å². The summed E-state index contributed by atoms with van der Waals surface area (Å²) in [6, 6.07) is 3.70. The summed E-state index contributed by atoms with van der Waals surface area (Å²) >= 11 is 5.66. The second-order valence-electron chi connectivity index (χ2n) is 4.84. The summed E-state index contributed by atoms with van der Waals surface area (Å²) < 4.78 is 13.0. The Labute approximate surface area is 127 Å². The van der Waals surface area contributed by atoms with Crippen LogP contribution in [0.25, 0.3) is 0 Å². The normalized spacial score (nSPS) is 10.5. The average molecular weight is 317 g/mol. The lowest BCUT2D eigenvalue weighted by atomic mass is 10.2. The number of urea groups is 1. The Morgan fingerprint density at radius 2 is 2.10 bits per heavy atom. The van der Waals surface area contributed by atoms with Gasteiger partial charge in [-0.25, -0.2) is 9.18 Å². The van der Waals surface area contributed by atoms with Crippen LogP contribution in [0.4, 0.5) is 9.18 Å². The fraction of sp³-hybridized carbons (Fsp3) is 0.429. The maximum atomic E-state index is 13.0. The van der Waals surface area contributed by atoms with Gasteiger partial charge in [-0.05, 0) is 31.5 Å². The van der Waals surface area contributed by atoms with E-state index in [4.69, 9.17) is 16.7 Å². The zero-order valence-electron chi connectivity index (χ0n) is 11.9. The highest BCUT2D eigenvalue weighted by molar-refractivity contribution is 6.30. The molecule has 0 saturated heterocycles. The number of hydrogen-bond donors (Lipinski definition) is 2. The third-order valence-electron chi connectivity index (χ3n) is 2.88. The van der Waals surface area contributed by atoms with E-state index in [0.29, 0.717) is 5.56 Å². The van der Waals surface area contributed by atoms with Gasteiger partial charge in [0, 0.05) is 19.1 Å². The van der Waals surface area contributed by atoms with Crippen molar-refractivity contribution < 1.29 is 19.1 Å². The Bertz CT molecular complexity index is 523. The summed E-state index contributed by atoms with van der Waals surface area (Å²) in [6.45, 7) is 3.92. The monoisotopic (exact) mass is 316 g/mol. The van der Waals surface area contributed by atoms with Crippen LogP contribution in [0.5, 0.6) is 0 Å². The lowest BCUT2D eigenvalue weighted by Crippen LogP contribution is -2.44. The first-order valence-corrected chi connectivity index (χ1v) is 6.89. The number of benzene rings is 1. The van der Waals surface area contributed by atoms with E-state index in [-0.39, 0.29) is 36.6 Å². The van der Waals surface area contributed by atoms with Crippen LogP contribution in [0.3, 0.4) is 0 Å². The van der Waals surface area contributed by atoms with E-state index < -0.39 is 11.8 Å². The van der Waals surface area contributed by atoms with Gasteiger partial charge in [0.2, 0.25) is 0 Å². The lowest BCUT2D eigenvalue weighted by Gasteiger charge is -2.26. The molecule has 1 rings (SSSR count). The first-order chi connectivity index (χ1) is 9.81. The minimum absolute atomic E-state index is 0.00616. The van der Waals surface area contributed by atoms with Crippen LogP contribution in [0.2, 0.25) is 5.02 Å². The number of aliphatic carboxylic acids is 1. The van der Waals surface area contributed by atoms with Crippen molar-refractivity contribution in [3.63, 3.8) is 0 Å². The van der Waals surface area contributed by atoms with E-state index in [1.165, 1.54) is 23.1 Å². The van der Waals surface area contributed by atoms with E-state index in [1.807, 2.05) is 0 Å². The molecule has 0 aliphatic carbocycles. The summed E-state index contributed by atoms with van der Waals surface area (Å²) in [4.78, 5) is 24.1. The third kappa shape index (κ3) is 5.59. The molecule has 0 aromatic heterocycles. The van der Waals surface area contributed by atoms with Crippen LogP contribution in [0.1, 0.15) is 25.8 Å². The predicted molar refractivity (Wildman–Crippen MR) is 77.7 cm³/mol. The lowest BCUT2D eigenvalue weighted by molar-refractivity contribution is -0.137. The van der Waals surface area contributed by atoms with Crippen LogP contribution in [-0.4, -0.2) is 34.6 Å². The molecule has 1 aromatic rings. The molecular formula is C14H18ClFN2O3. The molecule has 21 heavy (non-hydrogen) atoms. The summed E-state index contributed by atoms with van der Waals surface area (Å²) in [6.07, 6.45) is -0.117. The molecule has 7 heteroatoms. The van der Waals surface area contributed by atoms with Gasteiger partial charge >= 0.3 is 12.0 Å². The Balaban J connectivity index is 2.60. The second-order valence-corrected chi connectivity index (χ2v) is 5.25. The number of carboxylic acid groups (broad SMARTS) is 1. The van der Waals surface area contributed by atoms with E-state index in [2.05, 4.69) is 5.32 Å². The van der Waals surface area contributed by atoms with Gasteiger partial charge < -0.3 is 15.3 Å². The largest absolute Gasteiger partial charge is 0.481 e. The van der Waals surface area contributed by atoms with Gasteiger partial charge in [-0.2, -0.15) is 0 Å². The Kier molecular flexibility index (Phi) is 6.42. The average Bonchev–Trinajstić information content (AvgIpc) is 2.39. The molecule has 1 aromatic carbocycles. The van der Waals surface area contributed by atoms with Crippen molar-refractivity contribution in [1.29, 1.82) is 0 Å². The number of halogens is 2. The highest BCUT2D eigenvalue weighted by atomic mass is 35.5. The van der Waals surface area contributed by atoms with Crippen LogP contribution in [0.15, 0.2) is 18.2 Å². The Morgan fingerprint density at radius 1 is 1.43 bits per heavy atom. The molecule has 0 saturated carbocycles. The quantitative estimate of drug-likeness (QED) is 0.848. The molecular weight excluding hydrogens is 299 g/mol. The molecule has 0 spiro atoms. The summed E-state index contributed by atoms with van der Waals surface area (Å²) in [5.74, 6) is -1.48. The van der Waals surface area contributed by atoms with E-state index in [9.17, 15) is 14.0 Å². The fourth-order valence-electron chi connectivity index (χ4n) is 1.74. The van der Waals surface area contributed by atoms with Crippen LogP contribution >= 0.6 is 11.6 Å². The van der Waals surface area contributed by atoms with Crippen LogP contribution < -0.4 is 5.32 Å². The molecule has 0 aliphatic heterocycles. The van der Waals surface area contributed by atoms with Crippen molar-refractivity contribution in [3.8, 4) is 0 Å². The first-order valence-electron chi connectivity index (χ1n) is 6.51. The van der Waals surface area contributed by atoms with Gasteiger partial charge in [-0.3, -0.25) is 4.79 Å². The maximum absolute atomic E-state index is 13.0. The van der Waals surface area contributed by atoms with Gasteiger partial charge in [0.05, 0.1) is 11.4 Å². The number of rotatable bonds is 6. The SMILES string of the molecule is CC(C)N(CCC(=O)O)C(=O)NCc1ccc(F)c(Cl)c1. The number of nitrogens with zero attached hydrogens (tertiary/aromatic N) is 1. The smallest absolute Gasteiger partial charge is 0.317 e. The Morgan fingerprint density at radius 3 is 2.62 bits per heavy atom. The summed E-state index contributed by atoms with van der Waals surface area (Å²) in [5.41, 5.74) is 0.664. The van der Waals surface area contributed by atoms with Gasteiger partial charge in [0.15, 0.2) is 0 Å². The van der Waals surface area contributed by atoms with Crippen molar-refractivity contribution in [1.82, 2.24) is 10.2 Å². The maximum Gasteiger partial charge on any atom is 0.317 e. The standard InChI is InChI=1S/C14H18ClFN2O3/c1-9(2)18(6-5-13(19)20)14(21)17-8-10-3-4-12(16)11(15)7-10/h3-4,7,9H,5-6,8H2,1-2H3,(H,17,21)(H,19,20). The number of hydrogen-bond acceptors (Lipinski definition) is 2. The first kappa shape index (κ1) is 17.2. The molecule has 0 radical (unpaired) electrons. The zero-order valence-corrected chi connectivity index (χ0v) is 12.7. The molecule has 5 nitrogen and oxygen atoms in total.